The maximum Gasteiger partial charge on any atom is 0.303 e. The number of aliphatic carboxylic acids is 1. The molecule has 0 fully saturated rings. The van der Waals surface area contributed by atoms with E-state index >= 15 is 0 Å². The van der Waals surface area contributed by atoms with Crippen molar-refractivity contribution in [3.63, 3.8) is 0 Å². The van der Waals surface area contributed by atoms with E-state index in [0.717, 1.165) is 51.4 Å². The fourth-order valence-electron chi connectivity index (χ4n) is 3.70. The molecule has 0 unspecified atom stereocenters. The minimum atomic E-state index is -0.720. The van der Waals surface area contributed by atoms with Crippen molar-refractivity contribution in [1.29, 1.82) is 0 Å². The number of unbranched alkanes of at least 4 members (excludes halogenated alkanes) is 1. The molecule has 0 aliphatic carbocycles. The highest BCUT2D eigenvalue weighted by molar-refractivity contribution is 5.66. The van der Waals surface area contributed by atoms with Crippen molar-refractivity contribution in [3.8, 4) is 0 Å². The lowest BCUT2D eigenvalue weighted by Gasteiger charge is -2.03. The summed E-state index contributed by atoms with van der Waals surface area (Å²) in [4.78, 5) is 10.6. The molecule has 0 saturated heterocycles. The van der Waals surface area contributed by atoms with Crippen LogP contribution in [0.25, 0.3) is 0 Å². The molecule has 0 aromatic carbocycles. The summed E-state index contributed by atoms with van der Waals surface area (Å²) in [6, 6.07) is 0. The Morgan fingerprint density at radius 3 is 1.06 bits per heavy atom. The molecule has 0 aromatic heterocycles. The highest BCUT2D eigenvalue weighted by atomic mass is 16.4. The first-order chi connectivity index (χ1) is 16.1. The van der Waals surface area contributed by atoms with Crippen LogP contribution in [0.4, 0.5) is 0 Å². The second-order valence-corrected chi connectivity index (χ2v) is 10.2. The number of allylic oxidation sites excluding steroid dienone is 12. The van der Waals surface area contributed by atoms with E-state index in [-0.39, 0.29) is 6.42 Å². The van der Waals surface area contributed by atoms with Gasteiger partial charge in [-0.1, -0.05) is 69.9 Å². The highest BCUT2D eigenvalue weighted by Crippen LogP contribution is 2.15. The van der Waals surface area contributed by atoms with Crippen LogP contribution in [-0.4, -0.2) is 11.1 Å². The minimum absolute atomic E-state index is 0.228. The van der Waals surface area contributed by atoms with Gasteiger partial charge in [0.1, 0.15) is 0 Å². The van der Waals surface area contributed by atoms with Gasteiger partial charge in [-0.2, -0.15) is 0 Å². The Labute approximate surface area is 211 Å². The molecule has 0 saturated carbocycles. The lowest BCUT2D eigenvalue weighted by molar-refractivity contribution is -0.136. The zero-order valence-corrected chi connectivity index (χ0v) is 23.3. The van der Waals surface area contributed by atoms with Crippen molar-refractivity contribution in [1.82, 2.24) is 0 Å². The van der Waals surface area contributed by atoms with Crippen LogP contribution < -0.4 is 0 Å². The largest absolute Gasteiger partial charge is 0.481 e. The molecule has 2 nitrogen and oxygen atoms in total. The summed E-state index contributed by atoms with van der Waals surface area (Å²) in [5.41, 5.74) is 8.51. The molecule has 1 N–H and O–H groups in total. The van der Waals surface area contributed by atoms with Crippen LogP contribution in [-0.2, 0) is 4.79 Å². The highest BCUT2D eigenvalue weighted by Gasteiger charge is 1.98. The van der Waals surface area contributed by atoms with Crippen molar-refractivity contribution in [2.24, 2.45) is 0 Å². The molecule has 0 aromatic rings. The first-order valence-corrected chi connectivity index (χ1v) is 13.2. The van der Waals surface area contributed by atoms with Gasteiger partial charge in [0, 0.05) is 6.42 Å². The first-order valence-electron chi connectivity index (χ1n) is 13.2. The molecule has 192 valence electrons. The Hall–Kier alpha value is -2.09. The molecule has 0 radical (unpaired) electrons. The number of carboxylic acids is 1. The normalized spacial score (nSPS) is 13.9. The predicted molar refractivity (Wildman–Crippen MR) is 151 cm³/mol. The van der Waals surface area contributed by atoms with Gasteiger partial charge in [-0.25, -0.2) is 0 Å². The molecule has 0 spiro atoms. The topological polar surface area (TPSA) is 37.3 Å². The van der Waals surface area contributed by atoms with Crippen LogP contribution in [0.2, 0.25) is 0 Å². The maximum atomic E-state index is 10.6. The Morgan fingerprint density at radius 1 is 0.441 bits per heavy atom. The van der Waals surface area contributed by atoms with E-state index < -0.39 is 5.97 Å². The summed E-state index contributed by atoms with van der Waals surface area (Å²) in [7, 11) is 0. The van der Waals surface area contributed by atoms with Crippen molar-refractivity contribution in [3.05, 3.63) is 69.9 Å². The minimum Gasteiger partial charge on any atom is -0.481 e. The SMILES string of the molecule is CC(C)=CCC/C(C)=C/CC/C(C)=C/CC/C=C(\C)CC/C=C(\C)CC/C=C(\C)CCC(=O)O. The van der Waals surface area contributed by atoms with Gasteiger partial charge in [-0.3, -0.25) is 4.79 Å². The lowest BCUT2D eigenvalue weighted by atomic mass is 10.0. The molecule has 0 atom stereocenters. The summed E-state index contributed by atoms with van der Waals surface area (Å²) >= 11 is 0. The van der Waals surface area contributed by atoms with Crippen molar-refractivity contribution >= 4 is 5.97 Å². The van der Waals surface area contributed by atoms with Gasteiger partial charge in [0.05, 0.1) is 0 Å². The summed E-state index contributed by atoms with van der Waals surface area (Å²) < 4.78 is 0. The van der Waals surface area contributed by atoms with E-state index in [1.54, 1.807) is 0 Å². The van der Waals surface area contributed by atoms with Gasteiger partial charge < -0.3 is 5.11 Å². The maximum absolute atomic E-state index is 10.6. The van der Waals surface area contributed by atoms with Gasteiger partial charge in [0.25, 0.3) is 0 Å². The first kappa shape index (κ1) is 31.9. The van der Waals surface area contributed by atoms with E-state index in [2.05, 4.69) is 78.0 Å². The van der Waals surface area contributed by atoms with E-state index in [4.69, 9.17) is 5.11 Å². The summed E-state index contributed by atoms with van der Waals surface area (Å²) in [6.07, 6.45) is 26.2. The van der Waals surface area contributed by atoms with Crippen LogP contribution >= 0.6 is 0 Å². The fourth-order valence-corrected chi connectivity index (χ4v) is 3.70. The fraction of sp³-hybridized carbons (Fsp3) is 0.594. The average molecular weight is 469 g/mol. The van der Waals surface area contributed by atoms with Crippen LogP contribution in [0.1, 0.15) is 126 Å². The van der Waals surface area contributed by atoms with E-state index in [1.165, 1.54) is 46.3 Å². The molecule has 0 aliphatic heterocycles. The molecule has 2 heteroatoms. The third-order valence-electron chi connectivity index (χ3n) is 6.07. The molecule has 0 bridgehead atoms. The molecule has 34 heavy (non-hydrogen) atoms. The molecular weight excluding hydrogens is 416 g/mol. The Kier molecular flexibility index (Phi) is 19.0. The third-order valence-corrected chi connectivity index (χ3v) is 6.07. The van der Waals surface area contributed by atoms with Gasteiger partial charge in [0.2, 0.25) is 0 Å². The lowest BCUT2D eigenvalue weighted by Crippen LogP contribution is -1.94. The Balaban J connectivity index is 4.10. The second kappa shape index (κ2) is 20.3. The molecule has 0 amide bonds. The zero-order chi connectivity index (χ0) is 25.8. The van der Waals surface area contributed by atoms with E-state index in [9.17, 15) is 4.79 Å². The van der Waals surface area contributed by atoms with Gasteiger partial charge >= 0.3 is 5.97 Å². The summed E-state index contributed by atoms with van der Waals surface area (Å²) in [5, 5.41) is 8.74. The number of hydrogen-bond donors (Lipinski definition) is 1. The van der Waals surface area contributed by atoms with E-state index in [1.807, 2.05) is 6.92 Å². The van der Waals surface area contributed by atoms with Crippen molar-refractivity contribution < 1.29 is 9.90 Å². The summed E-state index contributed by atoms with van der Waals surface area (Å²) in [5.74, 6) is -0.720. The molecule has 0 heterocycles. The number of hydrogen-bond acceptors (Lipinski definition) is 1. The predicted octanol–water partition coefficient (Wildman–Crippen LogP) is 10.4. The smallest absolute Gasteiger partial charge is 0.303 e. The third kappa shape index (κ3) is 21.7. The number of carbonyl (C=O) groups is 1. The molecular formula is C32H52O2. The molecule has 0 aliphatic rings. The molecule has 0 rings (SSSR count). The second-order valence-electron chi connectivity index (χ2n) is 10.2. The number of carboxylic acid groups (broad SMARTS) is 1. The summed E-state index contributed by atoms with van der Waals surface area (Å²) in [6.45, 7) is 15.3. The van der Waals surface area contributed by atoms with E-state index in [0.29, 0.717) is 6.42 Å². The Bertz CT molecular complexity index is 765. The monoisotopic (exact) mass is 468 g/mol. The van der Waals surface area contributed by atoms with Crippen LogP contribution in [0, 0.1) is 0 Å². The number of rotatable bonds is 18. The zero-order valence-electron chi connectivity index (χ0n) is 23.3. The van der Waals surface area contributed by atoms with Crippen LogP contribution in [0.3, 0.4) is 0 Å². The Morgan fingerprint density at radius 2 is 0.735 bits per heavy atom. The van der Waals surface area contributed by atoms with Gasteiger partial charge in [-0.05, 0) is 119 Å². The van der Waals surface area contributed by atoms with Crippen molar-refractivity contribution in [2.75, 3.05) is 0 Å². The van der Waals surface area contributed by atoms with Crippen LogP contribution in [0.5, 0.6) is 0 Å². The van der Waals surface area contributed by atoms with Gasteiger partial charge in [0.15, 0.2) is 0 Å². The van der Waals surface area contributed by atoms with Crippen molar-refractivity contribution in [2.45, 2.75) is 126 Å². The quantitative estimate of drug-likeness (QED) is 0.160. The standard InChI is InChI=1S/C32H52O2/c1-26(2)14-10-17-29(5)20-11-18-27(3)15-8-9-16-28(4)19-12-21-30(6)22-13-23-31(7)24-25-32(33)34/h14-16,20-21,23H,8-13,17-19,22,24-25H2,1-7H3,(H,33,34)/b27-15+,28-16+,29-20+,30-21+,31-23+. The van der Waals surface area contributed by atoms with Gasteiger partial charge in [-0.15, -0.1) is 0 Å². The average Bonchev–Trinajstić information content (AvgIpc) is 2.75. The van der Waals surface area contributed by atoms with Crippen LogP contribution in [0.15, 0.2) is 69.9 Å².